The van der Waals surface area contributed by atoms with Crippen molar-refractivity contribution in [3.63, 3.8) is 0 Å². The van der Waals surface area contributed by atoms with Gasteiger partial charge < -0.3 is 4.74 Å². The quantitative estimate of drug-likeness (QED) is 0.838. The molecule has 0 fully saturated rings. The molecule has 0 aliphatic carbocycles. The van der Waals surface area contributed by atoms with Crippen molar-refractivity contribution in [3.05, 3.63) is 35.1 Å². The van der Waals surface area contributed by atoms with Gasteiger partial charge in [0.2, 0.25) is 0 Å². The molecule has 0 saturated carbocycles. The largest absolute Gasteiger partial charge is 0.496 e. The number of nitrogens with zero attached hydrogens (tertiary/aromatic N) is 2. The van der Waals surface area contributed by atoms with E-state index in [0.717, 1.165) is 0 Å². The van der Waals surface area contributed by atoms with Gasteiger partial charge in [-0.1, -0.05) is 0 Å². The van der Waals surface area contributed by atoms with Gasteiger partial charge in [0.25, 0.3) is 0 Å². The third-order valence-corrected chi connectivity index (χ3v) is 3.13. The molecule has 0 amide bonds. The van der Waals surface area contributed by atoms with Crippen LogP contribution in [-0.4, -0.2) is 12.1 Å². The van der Waals surface area contributed by atoms with Crippen LogP contribution in [-0.2, 0) is 6.42 Å². The molecule has 2 aromatic rings. The second-order valence-electron chi connectivity index (χ2n) is 3.32. The van der Waals surface area contributed by atoms with Gasteiger partial charge in [-0.3, -0.25) is 0 Å². The summed E-state index contributed by atoms with van der Waals surface area (Å²) in [5.41, 5.74) is 1.31. The summed E-state index contributed by atoms with van der Waals surface area (Å²) in [5, 5.41) is 11.0. The van der Waals surface area contributed by atoms with Crippen LogP contribution in [0.15, 0.2) is 23.6 Å². The molecule has 1 heterocycles. The van der Waals surface area contributed by atoms with Crippen molar-refractivity contribution in [1.29, 1.82) is 5.26 Å². The van der Waals surface area contributed by atoms with E-state index in [1.54, 1.807) is 11.4 Å². The van der Waals surface area contributed by atoms with Crippen molar-refractivity contribution < 1.29 is 9.13 Å². The first-order valence-corrected chi connectivity index (χ1v) is 5.78. The third kappa shape index (κ3) is 2.43. The number of thiazole rings is 1. The van der Waals surface area contributed by atoms with E-state index in [0.29, 0.717) is 22.0 Å². The molecule has 0 unspecified atom stereocenters. The highest BCUT2D eigenvalue weighted by Gasteiger charge is 2.11. The van der Waals surface area contributed by atoms with Crippen LogP contribution in [0.5, 0.6) is 5.75 Å². The maximum Gasteiger partial charge on any atom is 0.129 e. The minimum absolute atomic E-state index is 0.258. The molecule has 5 heteroatoms. The van der Waals surface area contributed by atoms with E-state index in [1.807, 2.05) is 6.07 Å². The van der Waals surface area contributed by atoms with E-state index in [-0.39, 0.29) is 12.2 Å². The van der Waals surface area contributed by atoms with E-state index in [1.165, 1.54) is 30.6 Å². The maximum atomic E-state index is 13.2. The Balaban J connectivity index is 2.44. The Hall–Kier alpha value is -1.93. The lowest BCUT2D eigenvalue weighted by Gasteiger charge is -2.05. The Bertz CT molecular complexity index is 574. The average molecular weight is 248 g/mol. The molecule has 1 aromatic heterocycles. The van der Waals surface area contributed by atoms with Crippen LogP contribution in [0.3, 0.4) is 0 Å². The Morgan fingerprint density at radius 1 is 1.53 bits per heavy atom. The normalized spacial score (nSPS) is 9.94. The van der Waals surface area contributed by atoms with Gasteiger partial charge in [-0.2, -0.15) is 5.26 Å². The number of nitriles is 1. The molecule has 1 aromatic carbocycles. The van der Waals surface area contributed by atoms with Gasteiger partial charge in [0.1, 0.15) is 16.6 Å². The summed E-state index contributed by atoms with van der Waals surface area (Å²) in [6.07, 6.45) is 0.258. The van der Waals surface area contributed by atoms with Crippen LogP contribution in [0.4, 0.5) is 4.39 Å². The van der Waals surface area contributed by atoms with E-state index < -0.39 is 0 Å². The number of halogens is 1. The van der Waals surface area contributed by atoms with Gasteiger partial charge >= 0.3 is 0 Å². The number of methoxy groups -OCH3 is 1. The number of benzene rings is 1. The summed E-state index contributed by atoms with van der Waals surface area (Å²) in [6.45, 7) is 0. The van der Waals surface area contributed by atoms with E-state index in [9.17, 15) is 4.39 Å². The van der Waals surface area contributed by atoms with Crippen molar-refractivity contribution in [3.8, 4) is 22.4 Å². The Morgan fingerprint density at radius 2 is 2.35 bits per heavy atom. The SMILES string of the molecule is COc1ccc(F)cc1-c1nc(CC#N)cs1. The predicted octanol–water partition coefficient (Wildman–Crippen LogP) is 3.02. The first-order valence-electron chi connectivity index (χ1n) is 4.90. The molecular weight excluding hydrogens is 239 g/mol. The highest BCUT2D eigenvalue weighted by atomic mass is 32.1. The van der Waals surface area contributed by atoms with Gasteiger partial charge in [-0.25, -0.2) is 9.37 Å². The van der Waals surface area contributed by atoms with Crippen LogP contribution < -0.4 is 4.74 Å². The van der Waals surface area contributed by atoms with E-state index in [4.69, 9.17) is 10.00 Å². The van der Waals surface area contributed by atoms with Crippen LogP contribution in [0.25, 0.3) is 10.6 Å². The average Bonchev–Trinajstić information content (AvgIpc) is 2.78. The Morgan fingerprint density at radius 3 is 3.06 bits per heavy atom. The molecule has 2 rings (SSSR count). The van der Waals surface area contributed by atoms with Crippen molar-refractivity contribution in [2.24, 2.45) is 0 Å². The number of hydrogen-bond acceptors (Lipinski definition) is 4. The minimum atomic E-state index is -0.335. The fourth-order valence-corrected chi connectivity index (χ4v) is 2.28. The number of aromatic nitrogens is 1. The summed E-state index contributed by atoms with van der Waals surface area (Å²) in [7, 11) is 1.53. The zero-order valence-electron chi connectivity index (χ0n) is 9.11. The summed E-state index contributed by atoms with van der Waals surface area (Å²) in [5.74, 6) is 0.238. The molecule has 86 valence electrons. The highest BCUT2D eigenvalue weighted by molar-refractivity contribution is 7.13. The zero-order valence-corrected chi connectivity index (χ0v) is 9.92. The summed E-state index contributed by atoms with van der Waals surface area (Å²) >= 11 is 1.37. The molecule has 0 N–H and O–H groups in total. The van der Waals surface area contributed by atoms with Crippen molar-refractivity contribution in [2.45, 2.75) is 6.42 Å². The van der Waals surface area contributed by atoms with E-state index in [2.05, 4.69) is 4.98 Å². The van der Waals surface area contributed by atoms with Crippen molar-refractivity contribution in [2.75, 3.05) is 7.11 Å². The first-order chi connectivity index (χ1) is 8.24. The smallest absolute Gasteiger partial charge is 0.129 e. The fourth-order valence-electron chi connectivity index (χ4n) is 1.44. The predicted molar refractivity (Wildman–Crippen MR) is 63.4 cm³/mol. The molecule has 17 heavy (non-hydrogen) atoms. The van der Waals surface area contributed by atoms with Crippen molar-refractivity contribution >= 4 is 11.3 Å². The molecule has 0 spiro atoms. The summed E-state index contributed by atoms with van der Waals surface area (Å²) in [4.78, 5) is 4.27. The van der Waals surface area contributed by atoms with Crippen LogP contribution in [0.1, 0.15) is 5.69 Å². The lowest BCUT2D eigenvalue weighted by atomic mass is 10.2. The molecule has 0 aliphatic heterocycles. The minimum Gasteiger partial charge on any atom is -0.496 e. The Kier molecular flexibility index (Phi) is 3.35. The van der Waals surface area contributed by atoms with E-state index >= 15 is 0 Å². The molecule has 0 atom stereocenters. The maximum absolute atomic E-state index is 13.2. The standard InChI is InChI=1S/C12H9FN2OS/c1-16-11-3-2-8(13)6-10(11)12-15-9(4-5-14)7-17-12/h2-3,6-7H,4H2,1H3. The second kappa shape index (κ2) is 4.93. The number of ether oxygens (including phenoxy) is 1. The van der Waals surface area contributed by atoms with Gasteiger partial charge in [0, 0.05) is 5.38 Å². The Labute approximate surface area is 102 Å². The topological polar surface area (TPSA) is 45.9 Å². The second-order valence-corrected chi connectivity index (χ2v) is 4.18. The zero-order chi connectivity index (χ0) is 12.3. The number of hydrogen-bond donors (Lipinski definition) is 0. The number of rotatable bonds is 3. The molecule has 0 bridgehead atoms. The molecule has 0 aliphatic rings. The van der Waals surface area contributed by atoms with Crippen LogP contribution in [0.2, 0.25) is 0 Å². The summed E-state index contributed by atoms with van der Waals surface area (Å²) < 4.78 is 18.4. The van der Waals surface area contributed by atoms with Gasteiger partial charge in [-0.05, 0) is 18.2 Å². The molecular formula is C12H9FN2OS. The molecule has 3 nitrogen and oxygen atoms in total. The monoisotopic (exact) mass is 248 g/mol. The molecule has 0 saturated heterocycles. The summed E-state index contributed by atoms with van der Waals surface area (Å²) in [6, 6.07) is 6.32. The van der Waals surface area contributed by atoms with Crippen LogP contribution in [0, 0.1) is 17.1 Å². The third-order valence-electron chi connectivity index (χ3n) is 2.20. The van der Waals surface area contributed by atoms with Crippen LogP contribution >= 0.6 is 11.3 Å². The molecule has 0 radical (unpaired) electrons. The van der Waals surface area contributed by atoms with Gasteiger partial charge in [-0.15, -0.1) is 11.3 Å². The van der Waals surface area contributed by atoms with Gasteiger partial charge in [0.15, 0.2) is 0 Å². The lowest BCUT2D eigenvalue weighted by molar-refractivity contribution is 0.415. The van der Waals surface area contributed by atoms with Gasteiger partial charge in [0.05, 0.1) is 30.9 Å². The first kappa shape index (κ1) is 11.6. The van der Waals surface area contributed by atoms with Crippen molar-refractivity contribution in [1.82, 2.24) is 4.98 Å². The fraction of sp³-hybridized carbons (Fsp3) is 0.167. The lowest BCUT2D eigenvalue weighted by Crippen LogP contribution is -1.89. The highest BCUT2D eigenvalue weighted by Crippen LogP contribution is 2.32.